The zero-order valence-electron chi connectivity index (χ0n) is 15.3. The fourth-order valence-corrected chi connectivity index (χ4v) is 2.14. The first-order chi connectivity index (χ1) is 12.1. The standard InChI is InChI=1S/C17H21N5O4/c1-10(11-6-7-14(26-5)13(8-11)22(24)25)18-21-16(23)12-9-15(20-19-12)17(2,3)4/h6-9H,1-5H3,(H,19,20)(H,21,23). The Bertz CT molecular complexity index is 864. The van der Waals surface area contributed by atoms with Crippen molar-refractivity contribution in [2.75, 3.05) is 7.11 Å². The minimum absolute atomic E-state index is 0.154. The van der Waals surface area contributed by atoms with Gasteiger partial charge in [-0.1, -0.05) is 20.8 Å². The van der Waals surface area contributed by atoms with Gasteiger partial charge in [-0.05, 0) is 25.1 Å². The summed E-state index contributed by atoms with van der Waals surface area (Å²) in [4.78, 5) is 22.7. The van der Waals surface area contributed by atoms with E-state index in [1.165, 1.54) is 19.2 Å². The fraction of sp³-hybridized carbons (Fsp3) is 0.353. The van der Waals surface area contributed by atoms with Crippen LogP contribution in [0.2, 0.25) is 0 Å². The van der Waals surface area contributed by atoms with Crippen molar-refractivity contribution >= 4 is 17.3 Å². The number of carbonyl (C=O) groups is 1. The normalized spacial score (nSPS) is 12.0. The quantitative estimate of drug-likeness (QED) is 0.483. The lowest BCUT2D eigenvalue weighted by Gasteiger charge is -2.14. The lowest BCUT2D eigenvalue weighted by Crippen LogP contribution is -2.20. The summed E-state index contributed by atoms with van der Waals surface area (Å²) in [5.74, 6) is -0.319. The number of hydrogen-bond donors (Lipinski definition) is 2. The number of benzene rings is 1. The summed E-state index contributed by atoms with van der Waals surface area (Å²) in [5.41, 5.74) is 4.02. The molecule has 0 radical (unpaired) electrons. The van der Waals surface area contributed by atoms with Crippen LogP contribution in [0, 0.1) is 10.1 Å². The highest BCUT2D eigenvalue weighted by molar-refractivity contribution is 6.01. The number of amides is 1. The number of aromatic amines is 1. The fourth-order valence-electron chi connectivity index (χ4n) is 2.14. The van der Waals surface area contributed by atoms with Crippen LogP contribution in [-0.2, 0) is 5.41 Å². The van der Waals surface area contributed by atoms with Crippen LogP contribution in [0.15, 0.2) is 29.4 Å². The predicted octanol–water partition coefficient (Wildman–Crippen LogP) is 2.78. The van der Waals surface area contributed by atoms with E-state index in [2.05, 4.69) is 20.7 Å². The third-order valence-corrected chi connectivity index (χ3v) is 3.74. The Hall–Kier alpha value is -3.23. The number of carbonyl (C=O) groups excluding carboxylic acids is 1. The molecule has 2 N–H and O–H groups in total. The van der Waals surface area contributed by atoms with Crippen LogP contribution >= 0.6 is 0 Å². The molecule has 0 unspecified atom stereocenters. The Morgan fingerprint density at radius 2 is 2.04 bits per heavy atom. The average Bonchev–Trinajstić information content (AvgIpc) is 3.09. The number of ether oxygens (including phenoxy) is 1. The molecule has 1 aromatic carbocycles. The summed E-state index contributed by atoms with van der Waals surface area (Å²) in [6, 6.07) is 6.12. The third-order valence-electron chi connectivity index (χ3n) is 3.74. The van der Waals surface area contributed by atoms with Crippen LogP contribution < -0.4 is 10.2 Å². The van der Waals surface area contributed by atoms with Crippen molar-refractivity contribution in [1.29, 1.82) is 0 Å². The van der Waals surface area contributed by atoms with Gasteiger partial charge in [-0.2, -0.15) is 10.2 Å². The number of methoxy groups -OCH3 is 1. The SMILES string of the molecule is COc1ccc(C(C)=NNC(=O)c2cc(C(C)(C)C)[nH]n2)cc1[N+](=O)[O-]. The average molecular weight is 359 g/mol. The summed E-state index contributed by atoms with van der Waals surface area (Å²) >= 11 is 0. The molecule has 0 aliphatic rings. The third kappa shape index (κ3) is 4.24. The largest absolute Gasteiger partial charge is 0.490 e. The van der Waals surface area contributed by atoms with Gasteiger partial charge in [0, 0.05) is 22.7 Å². The van der Waals surface area contributed by atoms with Crippen LogP contribution in [0.4, 0.5) is 5.69 Å². The lowest BCUT2D eigenvalue weighted by molar-refractivity contribution is -0.385. The van der Waals surface area contributed by atoms with Crippen LogP contribution in [0.3, 0.4) is 0 Å². The molecule has 0 bridgehead atoms. The number of aromatic nitrogens is 2. The van der Waals surface area contributed by atoms with E-state index >= 15 is 0 Å². The molecule has 9 heteroatoms. The number of nitro groups is 1. The number of nitro benzene ring substituents is 1. The number of hydrogen-bond acceptors (Lipinski definition) is 6. The maximum absolute atomic E-state index is 12.2. The maximum atomic E-state index is 12.2. The molecule has 0 atom stereocenters. The monoisotopic (exact) mass is 359 g/mol. The Kier molecular flexibility index (Phi) is 5.39. The van der Waals surface area contributed by atoms with Gasteiger partial charge in [0.1, 0.15) is 0 Å². The number of hydrazone groups is 1. The van der Waals surface area contributed by atoms with Crippen molar-refractivity contribution < 1.29 is 14.5 Å². The summed E-state index contributed by atoms with van der Waals surface area (Å²) in [7, 11) is 1.36. The molecule has 0 fully saturated rings. The topological polar surface area (TPSA) is 123 Å². The number of H-pyrrole nitrogens is 1. The molecule has 2 aromatic rings. The van der Waals surface area contributed by atoms with Crippen molar-refractivity contribution in [2.24, 2.45) is 5.10 Å². The van der Waals surface area contributed by atoms with E-state index in [1.807, 2.05) is 20.8 Å². The van der Waals surface area contributed by atoms with Crippen LogP contribution in [0.5, 0.6) is 5.75 Å². The Morgan fingerprint density at radius 3 is 2.58 bits per heavy atom. The van der Waals surface area contributed by atoms with E-state index in [9.17, 15) is 14.9 Å². The second-order valence-electron chi connectivity index (χ2n) is 6.70. The number of nitrogens with one attached hydrogen (secondary N) is 2. The second kappa shape index (κ2) is 7.34. The van der Waals surface area contributed by atoms with E-state index in [0.717, 1.165) is 5.69 Å². The molecule has 0 spiro atoms. The van der Waals surface area contributed by atoms with Crippen LogP contribution in [-0.4, -0.2) is 33.8 Å². The molecule has 0 saturated heterocycles. The first-order valence-corrected chi connectivity index (χ1v) is 7.87. The van der Waals surface area contributed by atoms with Gasteiger partial charge in [-0.3, -0.25) is 20.0 Å². The molecule has 1 heterocycles. The van der Waals surface area contributed by atoms with Gasteiger partial charge in [-0.15, -0.1) is 0 Å². The van der Waals surface area contributed by atoms with Gasteiger partial charge in [0.05, 0.1) is 17.7 Å². The molecule has 138 valence electrons. The molecule has 1 aromatic heterocycles. The molecule has 0 aliphatic carbocycles. The van der Waals surface area contributed by atoms with Crippen LogP contribution in [0.1, 0.15) is 49.4 Å². The summed E-state index contributed by atoms with van der Waals surface area (Å²) in [6.07, 6.45) is 0. The van der Waals surface area contributed by atoms with Gasteiger partial charge in [-0.25, -0.2) is 5.43 Å². The molecule has 0 saturated carbocycles. The zero-order valence-corrected chi connectivity index (χ0v) is 15.3. The Morgan fingerprint density at radius 1 is 1.35 bits per heavy atom. The smallest absolute Gasteiger partial charge is 0.311 e. The number of rotatable bonds is 5. The highest BCUT2D eigenvalue weighted by Gasteiger charge is 2.19. The summed E-state index contributed by atoms with van der Waals surface area (Å²) < 4.78 is 4.96. The minimum Gasteiger partial charge on any atom is -0.490 e. The highest BCUT2D eigenvalue weighted by atomic mass is 16.6. The summed E-state index contributed by atoms with van der Waals surface area (Å²) in [5, 5.41) is 21.9. The van der Waals surface area contributed by atoms with Crippen molar-refractivity contribution in [3.05, 3.63) is 51.3 Å². The molecule has 2 rings (SSSR count). The lowest BCUT2D eigenvalue weighted by atomic mass is 9.92. The van der Waals surface area contributed by atoms with Gasteiger partial charge >= 0.3 is 5.69 Å². The van der Waals surface area contributed by atoms with Crippen molar-refractivity contribution in [1.82, 2.24) is 15.6 Å². The van der Waals surface area contributed by atoms with Gasteiger partial charge in [0.15, 0.2) is 11.4 Å². The highest BCUT2D eigenvalue weighted by Crippen LogP contribution is 2.27. The Balaban J connectivity index is 2.17. The first-order valence-electron chi connectivity index (χ1n) is 7.87. The van der Waals surface area contributed by atoms with E-state index in [4.69, 9.17) is 4.74 Å². The molecule has 0 aliphatic heterocycles. The van der Waals surface area contributed by atoms with Gasteiger partial charge < -0.3 is 4.74 Å². The first kappa shape index (κ1) is 19.1. The summed E-state index contributed by atoms with van der Waals surface area (Å²) in [6.45, 7) is 7.64. The van der Waals surface area contributed by atoms with E-state index in [1.54, 1.807) is 19.1 Å². The number of nitrogens with zero attached hydrogens (tertiary/aromatic N) is 3. The van der Waals surface area contributed by atoms with Crippen molar-refractivity contribution in [3.63, 3.8) is 0 Å². The predicted molar refractivity (Wildman–Crippen MR) is 96.6 cm³/mol. The minimum atomic E-state index is -0.536. The molecule has 1 amide bonds. The Labute approximate surface area is 150 Å². The van der Waals surface area contributed by atoms with Crippen molar-refractivity contribution in [2.45, 2.75) is 33.1 Å². The van der Waals surface area contributed by atoms with Gasteiger partial charge in [0.25, 0.3) is 5.91 Å². The molecular weight excluding hydrogens is 338 g/mol. The van der Waals surface area contributed by atoms with E-state index < -0.39 is 10.8 Å². The van der Waals surface area contributed by atoms with Crippen LogP contribution in [0.25, 0.3) is 0 Å². The van der Waals surface area contributed by atoms with Crippen molar-refractivity contribution in [3.8, 4) is 5.75 Å². The van der Waals surface area contributed by atoms with Gasteiger partial charge in [0.2, 0.25) is 0 Å². The maximum Gasteiger partial charge on any atom is 0.311 e. The molecular formula is C17H21N5O4. The second-order valence-corrected chi connectivity index (χ2v) is 6.70. The van der Waals surface area contributed by atoms with E-state index in [-0.39, 0.29) is 22.5 Å². The molecule has 9 nitrogen and oxygen atoms in total. The molecule has 26 heavy (non-hydrogen) atoms. The zero-order chi connectivity index (χ0) is 19.5. The van der Waals surface area contributed by atoms with E-state index in [0.29, 0.717) is 11.3 Å².